The standard InChI is InChI=1S/C14H21NO2/c1-15-8-4-2-3-5-12(15)9-11-6-7-13(16)14(17)10-11/h6-7,10,12,16-17H,2-5,8-9H2,1H3. The Labute approximate surface area is 103 Å². The molecule has 1 fully saturated rings. The number of nitrogens with zero attached hydrogens (tertiary/aromatic N) is 1. The summed E-state index contributed by atoms with van der Waals surface area (Å²) in [5, 5.41) is 18.8. The van der Waals surface area contributed by atoms with Crippen LogP contribution in [0, 0.1) is 0 Å². The van der Waals surface area contributed by atoms with Gasteiger partial charge in [0.25, 0.3) is 0 Å². The molecule has 17 heavy (non-hydrogen) atoms. The molecule has 2 N–H and O–H groups in total. The fraction of sp³-hybridized carbons (Fsp3) is 0.571. The molecule has 0 saturated carbocycles. The zero-order valence-electron chi connectivity index (χ0n) is 10.4. The van der Waals surface area contributed by atoms with E-state index in [-0.39, 0.29) is 11.5 Å². The third-order valence-electron chi connectivity index (χ3n) is 3.68. The maximum absolute atomic E-state index is 9.49. The number of likely N-dealkylation sites (tertiary alicyclic amines) is 1. The van der Waals surface area contributed by atoms with Crippen molar-refractivity contribution in [3.8, 4) is 11.5 Å². The molecule has 0 aliphatic carbocycles. The lowest BCUT2D eigenvalue weighted by molar-refractivity contribution is 0.245. The van der Waals surface area contributed by atoms with Crippen LogP contribution in [0.15, 0.2) is 18.2 Å². The molecule has 0 bridgehead atoms. The Hall–Kier alpha value is -1.22. The summed E-state index contributed by atoms with van der Waals surface area (Å²) in [5.74, 6) is -0.0539. The number of hydrogen-bond acceptors (Lipinski definition) is 3. The number of hydrogen-bond donors (Lipinski definition) is 2. The summed E-state index contributed by atoms with van der Waals surface area (Å²) < 4.78 is 0. The fourth-order valence-electron chi connectivity index (χ4n) is 2.55. The van der Waals surface area contributed by atoms with Gasteiger partial charge in [0.1, 0.15) is 0 Å². The molecule has 0 radical (unpaired) electrons. The van der Waals surface area contributed by atoms with Gasteiger partial charge >= 0.3 is 0 Å². The summed E-state index contributed by atoms with van der Waals surface area (Å²) in [5.41, 5.74) is 1.10. The lowest BCUT2D eigenvalue weighted by atomic mass is 10.0. The lowest BCUT2D eigenvalue weighted by Crippen LogP contribution is -2.32. The van der Waals surface area contributed by atoms with Gasteiger partial charge in [-0.3, -0.25) is 0 Å². The molecule has 0 spiro atoms. The van der Waals surface area contributed by atoms with E-state index in [1.54, 1.807) is 12.1 Å². The van der Waals surface area contributed by atoms with Crippen LogP contribution in [0.3, 0.4) is 0 Å². The Morgan fingerprint density at radius 2 is 2.00 bits per heavy atom. The van der Waals surface area contributed by atoms with Crippen molar-refractivity contribution in [2.75, 3.05) is 13.6 Å². The van der Waals surface area contributed by atoms with Crippen LogP contribution in [0.25, 0.3) is 0 Å². The van der Waals surface area contributed by atoms with Crippen molar-refractivity contribution in [3.05, 3.63) is 23.8 Å². The van der Waals surface area contributed by atoms with Crippen LogP contribution in [0.4, 0.5) is 0 Å². The molecule has 1 saturated heterocycles. The minimum atomic E-state index is -0.0389. The lowest BCUT2D eigenvalue weighted by Gasteiger charge is -2.25. The molecule has 1 aliphatic rings. The molecule has 1 heterocycles. The number of rotatable bonds is 2. The normalized spacial score (nSPS) is 22.3. The molecule has 1 atom stereocenters. The monoisotopic (exact) mass is 235 g/mol. The van der Waals surface area contributed by atoms with Gasteiger partial charge in [-0.05, 0) is 50.6 Å². The quantitative estimate of drug-likeness (QED) is 0.774. The summed E-state index contributed by atoms with van der Waals surface area (Å²) in [6, 6.07) is 5.70. The van der Waals surface area contributed by atoms with Crippen molar-refractivity contribution in [1.82, 2.24) is 4.90 Å². The first kappa shape index (κ1) is 12.2. The van der Waals surface area contributed by atoms with Crippen LogP contribution in [-0.4, -0.2) is 34.7 Å². The first-order chi connectivity index (χ1) is 8.16. The van der Waals surface area contributed by atoms with E-state index >= 15 is 0 Å². The van der Waals surface area contributed by atoms with Crippen molar-refractivity contribution < 1.29 is 10.2 Å². The number of benzene rings is 1. The van der Waals surface area contributed by atoms with Gasteiger partial charge in [0.15, 0.2) is 11.5 Å². The predicted octanol–water partition coefficient (Wildman–Crippen LogP) is 2.51. The molecular weight excluding hydrogens is 214 g/mol. The van der Waals surface area contributed by atoms with Gasteiger partial charge in [-0.1, -0.05) is 18.9 Å². The van der Waals surface area contributed by atoms with E-state index in [1.807, 2.05) is 6.07 Å². The van der Waals surface area contributed by atoms with Crippen LogP contribution in [-0.2, 0) is 6.42 Å². The summed E-state index contributed by atoms with van der Waals surface area (Å²) in [7, 11) is 2.18. The predicted molar refractivity (Wildman–Crippen MR) is 68.4 cm³/mol. The van der Waals surface area contributed by atoms with E-state index in [2.05, 4.69) is 11.9 Å². The highest BCUT2D eigenvalue weighted by Crippen LogP contribution is 2.27. The zero-order chi connectivity index (χ0) is 12.3. The first-order valence-electron chi connectivity index (χ1n) is 6.38. The second kappa shape index (κ2) is 5.41. The van der Waals surface area contributed by atoms with Gasteiger partial charge in [-0.25, -0.2) is 0 Å². The van der Waals surface area contributed by atoms with E-state index in [0.29, 0.717) is 6.04 Å². The third kappa shape index (κ3) is 3.13. The largest absolute Gasteiger partial charge is 0.504 e. The van der Waals surface area contributed by atoms with Crippen molar-refractivity contribution in [2.24, 2.45) is 0 Å². The molecule has 3 nitrogen and oxygen atoms in total. The molecule has 1 unspecified atom stereocenters. The molecular formula is C14H21NO2. The average molecular weight is 235 g/mol. The number of aromatic hydroxyl groups is 2. The molecule has 94 valence electrons. The molecule has 0 amide bonds. The second-order valence-corrected chi connectivity index (χ2v) is 5.01. The minimum Gasteiger partial charge on any atom is -0.504 e. The Balaban J connectivity index is 2.05. The second-order valence-electron chi connectivity index (χ2n) is 5.01. The molecule has 1 aromatic carbocycles. The summed E-state index contributed by atoms with van der Waals surface area (Å²) in [6.45, 7) is 1.16. The van der Waals surface area contributed by atoms with E-state index < -0.39 is 0 Å². The number of phenols is 2. The van der Waals surface area contributed by atoms with Crippen molar-refractivity contribution in [3.63, 3.8) is 0 Å². The maximum Gasteiger partial charge on any atom is 0.157 e. The maximum atomic E-state index is 9.49. The minimum absolute atomic E-state index is 0.0150. The van der Waals surface area contributed by atoms with Gasteiger partial charge in [0, 0.05) is 6.04 Å². The topological polar surface area (TPSA) is 43.7 Å². The Morgan fingerprint density at radius 1 is 1.18 bits per heavy atom. The number of phenolic OH excluding ortho intramolecular Hbond substituents is 2. The molecule has 1 aliphatic heterocycles. The van der Waals surface area contributed by atoms with Gasteiger partial charge in [-0.15, -0.1) is 0 Å². The first-order valence-corrected chi connectivity index (χ1v) is 6.38. The van der Waals surface area contributed by atoms with Gasteiger partial charge in [0.05, 0.1) is 0 Å². The van der Waals surface area contributed by atoms with Crippen LogP contribution >= 0.6 is 0 Å². The van der Waals surface area contributed by atoms with Crippen molar-refractivity contribution >= 4 is 0 Å². The Morgan fingerprint density at radius 3 is 2.76 bits per heavy atom. The smallest absolute Gasteiger partial charge is 0.157 e. The van der Waals surface area contributed by atoms with E-state index in [0.717, 1.165) is 18.5 Å². The summed E-state index contributed by atoms with van der Waals surface area (Å²) >= 11 is 0. The van der Waals surface area contributed by atoms with Gasteiger partial charge in [-0.2, -0.15) is 0 Å². The van der Waals surface area contributed by atoms with Crippen LogP contribution in [0.5, 0.6) is 11.5 Å². The third-order valence-corrected chi connectivity index (χ3v) is 3.68. The highest BCUT2D eigenvalue weighted by Gasteiger charge is 2.18. The molecule has 0 aromatic heterocycles. The highest BCUT2D eigenvalue weighted by atomic mass is 16.3. The van der Waals surface area contributed by atoms with E-state index in [9.17, 15) is 10.2 Å². The van der Waals surface area contributed by atoms with Crippen molar-refractivity contribution in [2.45, 2.75) is 38.1 Å². The molecule has 1 aromatic rings. The Kier molecular flexibility index (Phi) is 3.89. The summed E-state index contributed by atoms with van der Waals surface area (Å²) in [4.78, 5) is 2.41. The summed E-state index contributed by atoms with van der Waals surface area (Å²) in [6.07, 6.45) is 6.07. The van der Waals surface area contributed by atoms with Gasteiger partial charge in [0.2, 0.25) is 0 Å². The molecule has 2 rings (SSSR count). The fourth-order valence-corrected chi connectivity index (χ4v) is 2.55. The highest BCUT2D eigenvalue weighted by molar-refractivity contribution is 5.40. The van der Waals surface area contributed by atoms with Crippen molar-refractivity contribution in [1.29, 1.82) is 0 Å². The zero-order valence-corrected chi connectivity index (χ0v) is 10.4. The molecule has 3 heteroatoms. The number of likely N-dealkylation sites (N-methyl/N-ethyl adjacent to an activating group) is 1. The van der Waals surface area contributed by atoms with Crippen LogP contribution in [0.1, 0.15) is 31.2 Å². The van der Waals surface area contributed by atoms with E-state index in [4.69, 9.17) is 0 Å². The van der Waals surface area contributed by atoms with Crippen LogP contribution in [0.2, 0.25) is 0 Å². The van der Waals surface area contributed by atoms with Gasteiger partial charge < -0.3 is 15.1 Å². The average Bonchev–Trinajstić information content (AvgIpc) is 2.50. The SMILES string of the molecule is CN1CCCCCC1Cc1ccc(O)c(O)c1. The Bertz CT molecular complexity index is 378. The van der Waals surface area contributed by atoms with E-state index in [1.165, 1.54) is 25.7 Å². The van der Waals surface area contributed by atoms with Crippen LogP contribution < -0.4 is 0 Å².